The van der Waals surface area contributed by atoms with Gasteiger partial charge >= 0.3 is 0 Å². The molecule has 2 rings (SSSR count). The van der Waals surface area contributed by atoms with E-state index >= 15 is 0 Å². The molecule has 0 aliphatic carbocycles. The molecule has 0 spiro atoms. The van der Waals surface area contributed by atoms with E-state index in [1.165, 1.54) is 17.0 Å². The molecular weight excluding hydrogens is 261 g/mol. The Balaban J connectivity index is 2.33. The summed E-state index contributed by atoms with van der Waals surface area (Å²) in [6.07, 6.45) is 0. The number of hydrogen-bond acceptors (Lipinski definition) is 3. The topological polar surface area (TPSA) is 23.5 Å². The molecule has 0 fully saturated rings. The highest BCUT2D eigenvalue weighted by molar-refractivity contribution is 7.09. The van der Waals surface area contributed by atoms with Gasteiger partial charge in [0.1, 0.15) is 5.82 Å². The molecule has 1 heterocycles. The van der Waals surface area contributed by atoms with Gasteiger partial charge in [0.05, 0.1) is 13.2 Å². The van der Waals surface area contributed by atoms with Crippen molar-refractivity contribution < 1.29 is 9.50 Å². The van der Waals surface area contributed by atoms with Crippen LogP contribution in [0.5, 0.6) is 0 Å². The zero-order valence-electron chi connectivity index (χ0n) is 11.1. The van der Waals surface area contributed by atoms with Crippen LogP contribution in [0.15, 0.2) is 35.7 Å². The zero-order valence-corrected chi connectivity index (χ0v) is 12.0. The van der Waals surface area contributed by atoms with Crippen molar-refractivity contribution in [3.8, 4) is 0 Å². The van der Waals surface area contributed by atoms with E-state index in [1.807, 2.05) is 11.4 Å². The molecule has 1 N–H and O–H groups in total. The largest absolute Gasteiger partial charge is 0.392 e. The molecule has 0 bridgehead atoms. The predicted molar refractivity (Wildman–Crippen MR) is 78.0 cm³/mol. The van der Waals surface area contributed by atoms with E-state index in [2.05, 4.69) is 24.8 Å². The van der Waals surface area contributed by atoms with Crippen molar-refractivity contribution >= 4 is 17.0 Å². The molecule has 0 aliphatic rings. The summed E-state index contributed by atoms with van der Waals surface area (Å²) in [5.41, 5.74) is 1.53. The molecule has 2 aromatic rings. The number of rotatable bonds is 5. The van der Waals surface area contributed by atoms with Crippen molar-refractivity contribution in [1.29, 1.82) is 0 Å². The number of benzene rings is 1. The Hall–Kier alpha value is -1.39. The molecule has 4 heteroatoms. The second-order valence-electron chi connectivity index (χ2n) is 4.73. The van der Waals surface area contributed by atoms with Crippen LogP contribution in [-0.2, 0) is 13.2 Å². The lowest BCUT2D eigenvalue weighted by Crippen LogP contribution is -2.30. The molecule has 102 valence electrons. The number of anilines is 1. The van der Waals surface area contributed by atoms with E-state index in [9.17, 15) is 9.50 Å². The molecule has 1 aromatic carbocycles. The summed E-state index contributed by atoms with van der Waals surface area (Å²) in [7, 11) is 0. The van der Waals surface area contributed by atoms with Gasteiger partial charge in [0.15, 0.2) is 0 Å². The second-order valence-corrected chi connectivity index (χ2v) is 5.76. The van der Waals surface area contributed by atoms with Crippen LogP contribution in [0.1, 0.15) is 24.3 Å². The van der Waals surface area contributed by atoms with Crippen LogP contribution in [0.2, 0.25) is 0 Å². The first kappa shape index (κ1) is 14.0. The van der Waals surface area contributed by atoms with Gasteiger partial charge in [-0.25, -0.2) is 4.39 Å². The maximum atomic E-state index is 13.2. The summed E-state index contributed by atoms with van der Waals surface area (Å²) >= 11 is 1.70. The average molecular weight is 279 g/mol. The Bertz CT molecular complexity index is 525. The quantitative estimate of drug-likeness (QED) is 0.900. The van der Waals surface area contributed by atoms with Crippen LogP contribution in [-0.4, -0.2) is 11.1 Å². The minimum atomic E-state index is -0.312. The van der Waals surface area contributed by atoms with Gasteiger partial charge < -0.3 is 10.0 Å². The molecule has 0 unspecified atom stereocenters. The maximum Gasteiger partial charge on any atom is 0.123 e. The number of aliphatic hydroxyl groups is 1. The molecule has 0 saturated heterocycles. The Kier molecular flexibility index (Phi) is 4.56. The molecule has 0 saturated carbocycles. The number of nitrogens with zero attached hydrogens (tertiary/aromatic N) is 1. The van der Waals surface area contributed by atoms with Crippen molar-refractivity contribution in [2.24, 2.45) is 0 Å². The monoisotopic (exact) mass is 279 g/mol. The normalized spacial score (nSPS) is 11.0. The first-order valence-electron chi connectivity index (χ1n) is 6.30. The van der Waals surface area contributed by atoms with Gasteiger partial charge in [-0.15, -0.1) is 11.3 Å². The average Bonchev–Trinajstić information content (AvgIpc) is 2.89. The fourth-order valence-electron chi connectivity index (χ4n) is 2.08. The lowest BCUT2D eigenvalue weighted by molar-refractivity contribution is 0.281. The molecule has 0 aliphatic heterocycles. The Morgan fingerprint density at radius 3 is 2.68 bits per heavy atom. The highest BCUT2D eigenvalue weighted by Crippen LogP contribution is 2.26. The number of aliphatic hydroxyl groups excluding tert-OH is 1. The molecule has 0 amide bonds. The predicted octanol–water partition coefficient (Wildman–Crippen LogP) is 3.79. The third kappa shape index (κ3) is 3.33. The van der Waals surface area contributed by atoms with Crippen molar-refractivity contribution in [3.05, 3.63) is 52.0 Å². The van der Waals surface area contributed by atoms with Crippen molar-refractivity contribution in [1.82, 2.24) is 0 Å². The molecule has 19 heavy (non-hydrogen) atoms. The van der Waals surface area contributed by atoms with E-state index in [0.29, 0.717) is 5.56 Å². The lowest BCUT2D eigenvalue weighted by Gasteiger charge is -2.30. The Labute approximate surface area is 117 Å². The molecule has 1 aromatic heterocycles. The molecule has 0 radical (unpaired) electrons. The van der Waals surface area contributed by atoms with Gasteiger partial charge in [0.2, 0.25) is 0 Å². The van der Waals surface area contributed by atoms with Crippen molar-refractivity contribution in [3.63, 3.8) is 0 Å². The highest BCUT2D eigenvalue weighted by atomic mass is 32.1. The van der Waals surface area contributed by atoms with Crippen LogP contribution >= 0.6 is 11.3 Å². The van der Waals surface area contributed by atoms with Gasteiger partial charge in [0, 0.05) is 22.2 Å². The standard InChI is InChI=1S/C15H18FNOS/c1-11(2)17(9-14-4-3-7-19-14)15-6-5-13(16)8-12(15)10-18/h3-8,11,18H,9-10H2,1-2H3. The summed E-state index contributed by atoms with van der Waals surface area (Å²) in [5.74, 6) is -0.312. The number of hydrogen-bond donors (Lipinski definition) is 1. The molecule has 2 nitrogen and oxygen atoms in total. The second kappa shape index (κ2) is 6.17. The summed E-state index contributed by atoms with van der Waals surface area (Å²) < 4.78 is 13.2. The summed E-state index contributed by atoms with van der Waals surface area (Å²) in [6, 6.07) is 8.97. The SMILES string of the molecule is CC(C)N(Cc1cccs1)c1ccc(F)cc1CO. The number of halogens is 1. The minimum Gasteiger partial charge on any atom is -0.392 e. The van der Waals surface area contributed by atoms with Gasteiger partial charge in [-0.05, 0) is 43.5 Å². The van der Waals surface area contributed by atoms with Gasteiger partial charge in [-0.2, -0.15) is 0 Å². The highest BCUT2D eigenvalue weighted by Gasteiger charge is 2.15. The van der Waals surface area contributed by atoms with E-state index < -0.39 is 0 Å². The third-order valence-corrected chi connectivity index (χ3v) is 3.91. The van der Waals surface area contributed by atoms with Crippen LogP contribution in [0, 0.1) is 5.82 Å². The van der Waals surface area contributed by atoms with Crippen LogP contribution in [0.4, 0.5) is 10.1 Å². The van der Waals surface area contributed by atoms with Crippen LogP contribution < -0.4 is 4.90 Å². The summed E-state index contributed by atoms with van der Waals surface area (Å²) in [5, 5.41) is 11.5. The van der Waals surface area contributed by atoms with E-state index in [1.54, 1.807) is 17.4 Å². The summed E-state index contributed by atoms with van der Waals surface area (Å²) in [6.45, 7) is 4.81. The van der Waals surface area contributed by atoms with E-state index in [4.69, 9.17) is 0 Å². The smallest absolute Gasteiger partial charge is 0.123 e. The summed E-state index contributed by atoms with van der Waals surface area (Å²) in [4.78, 5) is 3.43. The first-order valence-corrected chi connectivity index (χ1v) is 7.18. The first-order chi connectivity index (χ1) is 9.11. The molecular formula is C15H18FNOS. The zero-order chi connectivity index (χ0) is 13.8. The Morgan fingerprint density at radius 2 is 2.11 bits per heavy atom. The Morgan fingerprint density at radius 1 is 1.32 bits per heavy atom. The van der Waals surface area contributed by atoms with Gasteiger partial charge in [0.25, 0.3) is 0 Å². The number of thiophene rings is 1. The van der Waals surface area contributed by atoms with E-state index in [0.717, 1.165) is 12.2 Å². The van der Waals surface area contributed by atoms with Crippen molar-refractivity contribution in [2.45, 2.75) is 33.0 Å². The lowest BCUT2D eigenvalue weighted by atomic mass is 10.1. The van der Waals surface area contributed by atoms with Crippen LogP contribution in [0.3, 0.4) is 0 Å². The molecule has 0 atom stereocenters. The van der Waals surface area contributed by atoms with Crippen molar-refractivity contribution in [2.75, 3.05) is 4.90 Å². The van der Waals surface area contributed by atoms with Crippen LogP contribution in [0.25, 0.3) is 0 Å². The minimum absolute atomic E-state index is 0.152. The third-order valence-electron chi connectivity index (χ3n) is 3.05. The van der Waals surface area contributed by atoms with E-state index in [-0.39, 0.29) is 18.5 Å². The van der Waals surface area contributed by atoms with Gasteiger partial charge in [-0.3, -0.25) is 0 Å². The fraction of sp³-hybridized carbons (Fsp3) is 0.333. The van der Waals surface area contributed by atoms with Gasteiger partial charge in [-0.1, -0.05) is 6.07 Å². The fourth-order valence-corrected chi connectivity index (χ4v) is 2.78. The maximum absolute atomic E-state index is 13.2.